The summed E-state index contributed by atoms with van der Waals surface area (Å²) in [6, 6.07) is -0.726. The summed E-state index contributed by atoms with van der Waals surface area (Å²) in [4.78, 5) is 37.1. The summed E-state index contributed by atoms with van der Waals surface area (Å²) >= 11 is 0. The lowest BCUT2D eigenvalue weighted by molar-refractivity contribution is -0.889. The van der Waals surface area contributed by atoms with Crippen LogP contribution < -0.4 is 5.11 Å². The van der Waals surface area contributed by atoms with E-state index in [1.807, 2.05) is 21.1 Å². The van der Waals surface area contributed by atoms with Crippen LogP contribution in [0, 0.1) is 0 Å². The Hall–Kier alpha value is -2.19. The van der Waals surface area contributed by atoms with Gasteiger partial charge in [-0.3, -0.25) is 9.59 Å². The van der Waals surface area contributed by atoms with Gasteiger partial charge >= 0.3 is 11.9 Å². The lowest BCUT2D eigenvalue weighted by Gasteiger charge is -2.34. The van der Waals surface area contributed by atoms with Crippen molar-refractivity contribution in [1.29, 1.82) is 0 Å². The standard InChI is InChI=1S/C59H111NO7/c1-6-8-10-12-14-16-18-20-22-24-26-28-30-32-34-36-38-40-42-44-46-48-50-58(62)67-55(53-65-52-51-56(59(63)64)60(3,4)5)54-66-57(61)49-47-45-43-41-39-37-35-33-31-29-27-25-23-21-19-17-15-13-11-9-7-2/h24,26,30,32,55-56H,6-23,25,27-29,31,33-54H2,1-5H3/b26-24+,32-30+. The fourth-order valence-electron chi connectivity index (χ4n) is 8.87. The maximum atomic E-state index is 12.8. The van der Waals surface area contributed by atoms with Crippen LogP contribution in [0.4, 0.5) is 0 Å². The highest BCUT2D eigenvalue weighted by atomic mass is 16.6. The zero-order valence-electron chi connectivity index (χ0n) is 45.1. The lowest BCUT2D eigenvalue weighted by atomic mass is 10.0. The van der Waals surface area contributed by atoms with Crippen LogP contribution >= 0.6 is 0 Å². The van der Waals surface area contributed by atoms with E-state index in [9.17, 15) is 19.5 Å². The molecule has 0 heterocycles. The molecule has 0 aromatic heterocycles. The summed E-state index contributed by atoms with van der Waals surface area (Å²) in [6.45, 7) is 4.71. The Morgan fingerprint density at radius 2 is 0.791 bits per heavy atom. The second-order valence-corrected chi connectivity index (χ2v) is 20.9. The molecule has 0 amide bonds. The van der Waals surface area contributed by atoms with Crippen LogP contribution in [-0.2, 0) is 28.6 Å². The van der Waals surface area contributed by atoms with Crippen molar-refractivity contribution < 1.29 is 38.2 Å². The van der Waals surface area contributed by atoms with Crippen molar-refractivity contribution in [2.45, 2.75) is 296 Å². The molecular formula is C59H111NO7. The van der Waals surface area contributed by atoms with Crippen LogP contribution in [-0.4, -0.2) is 75.5 Å². The summed E-state index contributed by atoms with van der Waals surface area (Å²) in [7, 11) is 5.43. The zero-order valence-corrected chi connectivity index (χ0v) is 45.1. The number of hydrogen-bond donors (Lipinski definition) is 0. The fourth-order valence-corrected chi connectivity index (χ4v) is 8.87. The van der Waals surface area contributed by atoms with Crippen molar-refractivity contribution in [3.63, 3.8) is 0 Å². The van der Waals surface area contributed by atoms with Gasteiger partial charge in [-0.25, -0.2) is 0 Å². The Morgan fingerprint density at radius 1 is 0.448 bits per heavy atom. The molecule has 2 unspecified atom stereocenters. The van der Waals surface area contributed by atoms with Gasteiger partial charge in [0.05, 0.1) is 40.3 Å². The molecule has 0 saturated heterocycles. The first-order valence-electron chi connectivity index (χ1n) is 28.9. The van der Waals surface area contributed by atoms with Crippen molar-refractivity contribution >= 4 is 17.9 Å². The third kappa shape index (κ3) is 48.6. The number of nitrogens with zero attached hydrogens (tertiary/aromatic N) is 1. The Labute approximate surface area is 415 Å². The average Bonchev–Trinajstić information content (AvgIpc) is 3.29. The van der Waals surface area contributed by atoms with E-state index >= 15 is 0 Å². The minimum Gasteiger partial charge on any atom is -0.544 e. The molecule has 0 fully saturated rings. The highest BCUT2D eigenvalue weighted by Gasteiger charge is 2.25. The predicted molar refractivity (Wildman–Crippen MR) is 282 cm³/mol. The number of aliphatic carboxylic acids is 1. The van der Waals surface area contributed by atoms with E-state index in [2.05, 4.69) is 38.2 Å². The van der Waals surface area contributed by atoms with Crippen molar-refractivity contribution in [2.75, 3.05) is 41.0 Å². The van der Waals surface area contributed by atoms with Crippen LogP contribution in [0.2, 0.25) is 0 Å². The van der Waals surface area contributed by atoms with Crippen LogP contribution in [0.15, 0.2) is 24.3 Å². The molecule has 67 heavy (non-hydrogen) atoms. The number of carbonyl (C=O) groups is 3. The number of likely N-dealkylation sites (N-methyl/N-ethyl adjacent to an activating group) is 1. The third-order valence-electron chi connectivity index (χ3n) is 13.3. The Kier molecular flexibility index (Phi) is 48.6. The molecule has 8 nitrogen and oxygen atoms in total. The molecular weight excluding hydrogens is 835 g/mol. The van der Waals surface area contributed by atoms with E-state index in [4.69, 9.17) is 14.2 Å². The highest BCUT2D eigenvalue weighted by molar-refractivity contribution is 5.70. The first-order chi connectivity index (χ1) is 32.6. The maximum Gasteiger partial charge on any atom is 0.306 e. The second kappa shape index (κ2) is 50.2. The molecule has 0 spiro atoms. The van der Waals surface area contributed by atoms with Crippen molar-refractivity contribution in [2.24, 2.45) is 0 Å². The molecule has 0 aromatic rings. The van der Waals surface area contributed by atoms with Gasteiger partial charge in [0.1, 0.15) is 12.6 Å². The van der Waals surface area contributed by atoms with E-state index in [0.717, 1.165) is 51.4 Å². The summed E-state index contributed by atoms with van der Waals surface area (Å²) in [6.07, 6.45) is 59.3. The van der Waals surface area contributed by atoms with Crippen molar-refractivity contribution in [3.05, 3.63) is 24.3 Å². The maximum absolute atomic E-state index is 12.8. The first-order valence-corrected chi connectivity index (χ1v) is 28.9. The number of quaternary nitrogens is 1. The molecule has 0 radical (unpaired) electrons. The first kappa shape index (κ1) is 64.8. The number of rotatable bonds is 53. The van der Waals surface area contributed by atoms with Crippen LogP contribution in [0.1, 0.15) is 284 Å². The number of carboxylic acids is 1. The Morgan fingerprint density at radius 3 is 1.15 bits per heavy atom. The molecule has 0 aliphatic rings. The van der Waals surface area contributed by atoms with E-state index in [1.54, 1.807) is 0 Å². The number of unbranched alkanes of at least 4 members (excludes halogenated alkanes) is 35. The van der Waals surface area contributed by atoms with Gasteiger partial charge < -0.3 is 28.6 Å². The molecule has 0 bridgehead atoms. The number of carboxylic acid groups (broad SMARTS) is 1. The summed E-state index contributed by atoms with van der Waals surface area (Å²) in [5.74, 6) is -1.72. The number of hydrogen-bond acceptors (Lipinski definition) is 7. The van der Waals surface area contributed by atoms with Gasteiger partial charge in [0.2, 0.25) is 0 Å². The molecule has 2 atom stereocenters. The molecule has 0 saturated carbocycles. The number of allylic oxidation sites excluding steroid dienone is 4. The second-order valence-electron chi connectivity index (χ2n) is 20.9. The lowest BCUT2D eigenvalue weighted by Crippen LogP contribution is -2.55. The molecule has 0 aromatic carbocycles. The minimum atomic E-state index is -1.12. The van der Waals surface area contributed by atoms with Crippen LogP contribution in [0.3, 0.4) is 0 Å². The van der Waals surface area contributed by atoms with E-state index < -0.39 is 18.1 Å². The van der Waals surface area contributed by atoms with Gasteiger partial charge in [0, 0.05) is 19.3 Å². The Bertz CT molecular complexity index is 1150. The van der Waals surface area contributed by atoms with E-state index in [1.165, 1.54) is 199 Å². The largest absolute Gasteiger partial charge is 0.544 e. The predicted octanol–water partition coefficient (Wildman–Crippen LogP) is 15.8. The SMILES string of the molecule is CCCCCCCCCC/C=C/C/C=C/CCCCCCCCCC(=O)OC(COCCC(C(=O)[O-])[N+](C)(C)C)COC(=O)CCCCCCCCCCCCCCCCCCCCCCC. The van der Waals surface area contributed by atoms with Gasteiger partial charge in [-0.05, 0) is 44.9 Å². The Balaban J connectivity index is 4.16. The number of ether oxygens (including phenoxy) is 3. The quantitative estimate of drug-likeness (QED) is 0.0259. The van der Waals surface area contributed by atoms with Gasteiger partial charge in [0.25, 0.3) is 0 Å². The fraction of sp³-hybridized carbons (Fsp3) is 0.881. The monoisotopic (exact) mass is 946 g/mol. The minimum absolute atomic E-state index is 0.0422. The topological polar surface area (TPSA) is 102 Å². The smallest absolute Gasteiger partial charge is 0.306 e. The molecule has 0 aliphatic heterocycles. The van der Waals surface area contributed by atoms with Crippen LogP contribution in [0.25, 0.3) is 0 Å². The summed E-state index contributed by atoms with van der Waals surface area (Å²) < 4.78 is 17.3. The van der Waals surface area contributed by atoms with Gasteiger partial charge in [0.15, 0.2) is 6.10 Å². The van der Waals surface area contributed by atoms with Crippen molar-refractivity contribution in [3.8, 4) is 0 Å². The summed E-state index contributed by atoms with van der Waals surface area (Å²) in [5, 5.41) is 11.7. The van der Waals surface area contributed by atoms with Gasteiger partial charge in [-0.2, -0.15) is 0 Å². The van der Waals surface area contributed by atoms with E-state index in [0.29, 0.717) is 12.8 Å². The molecule has 394 valence electrons. The number of esters is 2. The third-order valence-corrected chi connectivity index (χ3v) is 13.3. The number of carbonyl (C=O) groups excluding carboxylic acids is 3. The highest BCUT2D eigenvalue weighted by Crippen LogP contribution is 2.17. The van der Waals surface area contributed by atoms with E-state index in [-0.39, 0.29) is 42.7 Å². The molecule has 8 heteroatoms. The zero-order chi connectivity index (χ0) is 49.2. The van der Waals surface area contributed by atoms with Crippen molar-refractivity contribution in [1.82, 2.24) is 0 Å². The molecule has 0 aliphatic carbocycles. The van der Waals surface area contributed by atoms with Crippen LogP contribution in [0.5, 0.6) is 0 Å². The van der Waals surface area contributed by atoms with Gasteiger partial charge in [-0.15, -0.1) is 0 Å². The van der Waals surface area contributed by atoms with Gasteiger partial charge in [-0.1, -0.05) is 244 Å². The molecule has 0 N–H and O–H groups in total. The summed E-state index contributed by atoms with van der Waals surface area (Å²) in [5.41, 5.74) is 0. The normalized spacial score (nSPS) is 12.9. The molecule has 0 rings (SSSR count). The average molecular weight is 947 g/mol.